The van der Waals surface area contributed by atoms with E-state index in [0.29, 0.717) is 12.1 Å². The lowest BCUT2D eigenvalue weighted by Crippen LogP contribution is -2.39. The lowest BCUT2D eigenvalue weighted by atomic mass is 10.2. The van der Waals surface area contributed by atoms with Crippen LogP contribution in [-0.4, -0.2) is 18.0 Å². The van der Waals surface area contributed by atoms with Crippen LogP contribution in [0, 0.1) is 0 Å². The number of benzene rings is 2. The topological polar surface area (TPSA) is 74.0 Å². The van der Waals surface area contributed by atoms with E-state index in [0.717, 1.165) is 11.1 Å². The molecule has 0 bridgehead atoms. The minimum Gasteiger partial charge on any atom is -0.276 e. The van der Waals surface area contributed by atoms with Crippen LogP contribution in [0.15, 0.2) is 59.8 Å². The van der Waals surface area contributed by atoms with Gasteiger partial charge in [0.15, 0.2) is 11.0 Å². The Morgan fingerprint density at radius 2 is 1.65 bits per heavy atom. The molecule has 1 heterocycles. The van der Waals surface area contributed by atoms with Crippen LogP contribution in [0.5, 0.6) is 0 Å². The van der Waals surface area contributed by atoms with Crippen LogP contribution in [0.4, 0.5) is 0 Å². The zero-order chi connectivity index (χ0) is 14.2. The third-order valence-electron chi connectivity index (χ3n) is 3.11. The molecule has 0 unspecified atom stereocenters. The van der Waals surface area contributed by atoms with Crippen LogP contribution in [0.1, 0.15) is 5.56 Å². The Labute approximate surface area is 116 Å². The number of H-pyrrole nitrogens is 1. The lowest BCUT2D eigenvalue weighted by Gasteiger charge is -2.00. The molecule has 0 aliphatic heterocycles. The van der Waals surface area contributed by atoms with Gasteiger partial charge in [-0.2, -0.15) is 8.42 Å². The quantitative estimate of drug-likeness (QED) is 0.570. The standard InChI is InChI=1S/C14H12N2O3S/c17-20(18,19)14-15-12-8-4-5-9-13(12)16(14)10-11-6-2-1-3-7-11/h1-9H,10H2,(H,17,18,19)/p+1. The van der Waals surface area contributed by atoms with E-state index in [-0.39, 0.29) is 5.16 Å². The maximum atomic E-state index is 11.5. The van der Waals surface area contributed by atoms with Crippen LogP contribution in [0.25, 0.3) is 11.0 Å². The first-order valence-corrected chi connectivity index (χ1v) is 7.52. The third kappa shape index (κ3) is 2.31. The second kappa shape index (κ2) is 4.73. The van der Waals surface area contributed by atoms with Crippen molar-refractivity contribution in [3.05, 3.63) is 60.2 Å². The molecule has 0 aliphatic carbocycles. The third-order valence-corrected chi connectivity index (χ3v) is 3.92. The molecule has 5 nitrogen and oxygen atoms in total. The molecule has 0 amide bonds. The Morgan fingerprint density at radius 3 is 2.35 bits per heavy atom. The molecule has 0 spiro atoms. The first-order valence-electron chi connectivity index (χ1n) is 6.08. The van der Waals surface area contributed by atoms with Gasteiger partial charge < -0.3 is 0 Å². The highest BCUT2D eigenvalue weighted by molar-refractivity contribution is 7.85. The Morgan fingerprint density at radius 1 is 1.00 bits per heavy atom. The first-order chi connectivity index (χ1) is 9.55. The second-order valence-electron chi connectivity index (χ2n) is 4.49. The number of hydrogen-bond donors (Lipinski definition) is 2. The SMILES string of the molecule is O=S(=O)(O)c1[nH]c2ccccc2[n+]1Cc1ccccc1. The molecule has 3 rings (SSSR count). The first kappa shape index (κ1) is 12.8. The Hall–Kier alpha value is -2.18. The molecular weight excluding hydrogens is 276 g/mol. The van der Waals surface area contributed by atoms with E-state index < -0.39 is 10.1 Å². The maximum absolute atomic E-state index is 11.5. The summed E-state index contributed by atoms with van der Waals surface area (Å²) in [6.07, 6.45) is 0. The summed E-state index contributed by atoms with van der Waals surface area (Å²) in [4.78, 5) is 2.75. The fraction of sp³-hybridized carbons (Fsp3) is 0.0714. The van der Waals surface area contributed by atoms with Gasteiger partial charge in [0.2, 0.25) is 0 Å². The van der Waals surface area contributed by atoms with Gasteiger partial charge in [0.25, 0.3) is 0 Å². The van der Waals surface area contributed by atoms with Gasteiger partial charge in [-0.25, -0.2) is 9.55 Å². The summed E-state index contributed by atoms with van der Waals surface area (Å²) in [5.41, 5.74) is 2.34. The smallest absolute Gasteiger partial charge is 0.276 e. The van der Waals surface area contributed by atoms with Gasteiger partial charge in [0, 0.05) is 0 Å². The van der Waals surface area contributed by atoms with E-state index in [1.165, 1.54) is 0 Å². The van der Waals surface area contributed by atoms with Crippen molar-refractivity contribution in [3.63, 3.8) is 0 Å². The van der Waals surface area contributed by atoms with Gasteiger partial charge in [-0.1, -0.05) is 42.5 Å². The van der Waals surface area contributed by atoms with E-state index >= 15 is 0 Å². The van der Waals surface area contributed by atoms with Crippen molar-refractivity contribution >= 4 is 21.2 Å². The number of rotatable bonds is 3. The largest absolute Gasteiger partial charge is 0.401 e. The molecule has 0 saturated heterocycles. The molecular formula is C14H13N2O3S+. The van der Waals surface area contributed by atoms with Crippen molar-refractivity contribution < 1.29 is 17.5 Å². The minimum absolute atomic E-state index is 0.206. The maximum Gasteiger partial charge on any atom is 0.401 e. The van der Waals surface area contributed by atoms with Gasteiger partial charge in [0.1, 0.15) is 6.54 Å². The van der Waals surface area contributed by atoms with Crippen molar-refractivity contribution in [3.8, 4) is 0 Å². The van der Waals surface area contributed by atoms with Gasteiger partial charge in [0.05, 0.1) is 0 Å². The summed E-state index contributed by atoms with van der Waals surface area (Å²) < 4.78 is 34.0. The van der Waals surface area contributed by atoms with Crippen LogP contribution >= 0.6 is 0 Å². The molecule has 3 aromatic rings. The Bertz CT molecular complexity index is 855. The van der Waals surface area contributed by atoms with Crippen LogP contribution in [-0.2, 0) is 16.7 Å². The molecule has 0 atom stereocenters. The van der Waals surface area contributed by atoms with Crippen molar-refractivity contribution in [2.24, 2.45) is 0 Å². The number of aromatic amines is 1. The number of aromatic nitrogens is 2. The zero-order valence-corrected chi connectivity index (χ0v) is 11.3. The molecule has 6 heteroatoms. The zero-order valence-electron chi connectivity index (χ0n) is 10.5. The predicted octanol–water partition coefficient (Wildman–Crippen LogP) is 1.75. The highest BCUT2D eigenvalue weighted by atomic mass is 32.2. The molecule has 0 radical (unpaired) electrons. The normalized spacial score (nSPS) is 11.8. The van der Waals surface area contributed by atoms with E-state index in [4.69, 9.17) is 0 Å². The van der Waals surface area contributed by atoms with Crippen molar-refractivity contribution in [1.82, 2.24) is 4.98 Å². The number of nitrogens with zero attached hydrogens (tertiary/aromatic N) is 1. The number of para-hydroxylation sites is 2. The van der Waals surface area contributed by atoms with Gasteiger partial charge >= 0.3 is 15.3 Å². The highest BCUT2D eigenvalue weighted by Gasteiger charge is 2.28. The lowest BCUT2D eigenvalue weighted by molar-refractivity contribution is -0.701. The number of fused-ring (bicyclic) bond motifs is 1. The number of imidazole rings is 1. The fourth-order valence-corrected chi connectivity index (χ4v) is 2.91. The molecule has 102 valence electrons. The predicted molar refractivity (Wildman–Crippen MR) is 73.9 cm³/mol. The molecule has 2 N–H and O–H groups in total. The molecule has 2 aromatic carbocycles. The summed E-state index contributed by atoms with van der Waals surface area (Å²) in [7, 11) is -4.31. The van der Waals surface area contributed by atoms with E-state index in [2.05, 4.69) is 4.98 Å². The number of hydrogen-bond acceptors (Lipinski definition) is 2. The Balaban J connectivity index is 2.22. The molecule has 20 heavy (non-hydrogen) atoms. The van der Waals surface area contributed by atoms with Crippen molar-refractivity contribution in [2.45, 2.75) is 11.7 Å². The summed E-state index contributed by atoms with van der Waals surface area (Å²) in [6, 6.07) is 16.7. The fourth-order valence-electron chi connectivity index (χ4n) is 2.23. The molecule has 0 aliphatic rings. The molecule has 0 saturated carbocycles. The minimum atomic E-state index is -4.31. The Kier molecular flexibility index (Phi) is 3.04. The average Bonchev–Trinajstić information content (AvgIpc) is 2.79. The monoisotopic (exact) mass is 289 g/mol. The van der Waals surface area contributed by atoms with Gasteiger partial charge in [-0.15, -0.1) is 0 Å². The summed E-state index contributed by atoms with van der Waals surface area (Å²) >= 11 is 0. The van der Waals surface area contributed by atoms with E-state index in [1.54, 1.807) is 16.7 Å². The van der Waals surface area contributed by atoms with Crippen LogP contribution in [0.2, 0.25) is 0 Å². The second-order valence-corrected chi connectivity index (χ2v) is 5.83. The average molecular weight is 289 g/mol. The van der Waals surface area contributed by atoms with Crippen molar-refractivity contribution in [1.29, 1.82) is 0 Å². The summed E-state index contributed by atoms with van der Waals surface area (Å²) in [5, 5.41) is -0.206. The molecule has 0 fully saturated rings. The van der Waals surface area contributed by atoms with Crippen molar-refractivity contribution in [2.75, 3.05) is 0 Å². The van der Waals surface area contributed by atoms with Crippen LogP contribution in [0.3, 0.4) is 0 Å². The summed E-state index contributed by atoms with van der Waals surface area (Å²) in [6.45, 7) is 0.361. The van der Waals surface area contributed by atoms with E-state index in [9.17, 15) is 13.0 Å². The van der Waals surface area contributed by atoms with E-state index in [1.807, 2.05) is 42.5 Å². The van der Waals surface area contributed by atoms with Gasteiger partial charge in [-0.05, 0) is 17.7 Å². The highest BCUT2D eigenvalue weighted by Crippen LogP contribution is 2.13. The van der Waals surface area contributed by atoms with Gasteiger partial charge in [-0.3, -0.25) is 4.55 Å². The summed E-state index contributed by atoms with van der Waals surface area (Å²) in [5.74, 6) is 0. The number of nitrogens with one attached hydrogen (secondary N) is 1. The van der Waals surface area contributed by atoms with Crippen LogP contribution < -0.4 is 4.57 Å². The molecule has 1 aromatic heterocycles.